The van der Waals surface area contributed by atoms with Crippen LogP contribution in [0.4, 0.5) is 10.1 Å². The predicted molar refractivity (Wildman–Crippen MR) is 49.4 cm³/mol. The molecule has 2 heteroatoms. The van der Waals surface area contributed by atoms with E-state index >= 15 is 0 Å². The highest BCUT2D eigenvalue weighted by atomic mass is 19.1. The smallest absolute Gasteiger partial charge is 0.123 e. The topological polar surface area (TPSA) is 12.0 Å². The lowest BCUT2D eigenvalue weighted by Gasteiger charge is -2.04. The van der Waals surface area contributed by atoms with Gasteiger partial charge in [-0.05, 0) is 30.3 Å². The molecule has 1 rings (SSSR count). The van der Waals surface area contributed by atoms with Crippen molar-refractivity contribution in [1.29, 1.82) is 0 Å². The second kappa shape index (κ2) is 3.72. The molecule has 0 aliphatic rings. The predicted octanol–water partition coefficient (Wildman–Crippen LogP) is 2.94. The minimum atomic E-state index is -0.246. The SMILES string of the molecule is C=CC(=C)Nc1ccc(F)cc1. The molecule has 0 aromatic heterocycles. The lowest BCUT2D eigenvalue weighted by atomic mass is 10.3. The first-order valence-corrected chi connectivity index (χ1v) is 3.56. The highest BCUT2D eigenvalue weighted by Crippen LogP contribution is 2.10. The maximum absolute atomic E-state index is 12.4. The van der Waals surface area contributed by atoms with Gasteiger partial charge in [0.2, 0.25) is 0 Å². The molecule has 1 aromatic carbocycles. The third kappa shape index (κ3) is 2.23. The van der Waals surface area contributed by atoms with Crippen molar-refractivity contribution in [2.75, 3.05) is 5.32 Å². The van der Waals surface area contributed by atoms with Gasteiger partial charge >= 0.3 is 0 Å². The first-order valence-electron chi connectivity index (χ1n) is 3.56. The number of anilines is 1. The second-order valence-corrected chi connectivity index (χ2v) is 2.36. The molecule has 0 atom stereocenters. The number of hydrogen-bond acceptors (Lipinski definition) is 1. The average Bonchev–Trinajstić information content (AvgIpc) is 2.09. The molecule has 0 aliphatic carbocycles. The maximum Gasteiger partial charge on any atom is 0.123 e. The number of benzene rings is 1. The van der Waals surface area contributed by atoms with Crippen molar-refractivity contribution in [3.63, 3.8) is 0 Å². The van der Waals surface area contributed by atoms with E-state index in [9.17, 15) is 4.39 Å². The van der Waals surface area contributed by atoms with Crippen LogP contribution in [0.2, 0.25) is 0 Å². The lowest BCUT2D eigenvalue weighted by molar-refractivity contribution is 0.628. The van der Waals surface area contributed by atoms with Crippen molar-refractivity contribution in [2.24, 2.45) is 0 Å². The highest BCUT2D eigenvalue weighted by Gasteiger charge is 1.91. The molecule has 0 heterocycles. The Balaban J connectivity index is 2.71. The fourth-order valence-corrected chi connectivity index (χ4v) is 0.770. The van der Waals surface area contributed by atoms with Crippen LogP contribution < -0.4 is 5.32 Å². The Hall–Kier alpha value is -1.57. The first-order chi connectivity index (χ1) is 5.72. The minimum Gasteiger partial charge on any atom is -0.356 e. The summed E-state index contributed by atoms with van der Waals surface area (Å²) in [6, 6.07) is 6.06. The largest absolute Gasteiger partial charge is 0.356 e. The molecule has 1 aromatic rings. The normalized spacial score (nSPS) is 9.08. The summed E-state index contributed by atoms with van der Waals surface area (Å²) in [5, 5.41) is 2.94. The van der Waals surface area contributed by atoms with Gasteiger partial charge in [0.15, 0.2) is 0 Å². The van der Waals surface area contributed by atoms with Gasteiger partial charge in [-0.1, -0.05) is 13.2 Å². The molecule has 12 heavy (non-hydrogen) atoms. The van der Waals surface area contributed by atoms with Crippen LogP contribution in [0.15, 0.2) is 49.2 Å². The monoisotopic (exact) mass is 163 g/mol. The summed E-state index contributed by atoms with van der Waals surface area (Å²) in [5.74, 6) is -0.246. The van der Waals surface area contributed by atoms with E-state index in [1.807, 2.05) is 0 Å². The quantitative estimate of drug-likeness (QED) is 0.675. The van der Waals surface area contributed by atoms with Crippen molar-refractivity contribution in [3.8, 4) is 0 Å². The van der Waals surface area contributed by atoms with E-state index in [0.717, 1.165) is 5.69 Å². The Morgan fingerprint density at radius 2 is 1.92 bits per heavy atom. The van der Waals surface area contributed by atoms with Gasteiger partial charge in [0.25, 0.3) is 0 Å². The van der Waals surface area contributed by atoms with Crippen LogP contribution in [0.5, 0.6) is 0 Å². The van der Waals surface area contributed by atoms with Crippen LogP contribution in [0.25, 0.3) is 0 Å². The summed E-state index contributed by atoms with van der Waals surface area (Å²) in [7, 11) is 0. The fourth-order valence-electron chi connectivity index (χ4n) is 0.770. The van der Waals surface area contributed by atoms with Gasteiger partial charge in [0, 0.05) is 11.4 Å². The van der Waals surface area contributed by atoms with Crippen LogP contribution in [0.1, 0.15) is 0 Å². The van der Waals surface area contributed by atoms with Gasteiger partial charge in [0.05, 0.1) is 0 Å². The summed E-state index contributed by atoms with van der Waals surface area (Å²) in [4.78, 5) is 0. The van der Waals surface area contributed by atoms with Gasteiger partial charge in [-0.2, -0.15) is 0 Å². The number of hydrogen-bond donors (Lipinski definition) is 1. The summed E-state index contributed by atoms with van der Waals surface area (Å²) in [5.41, 5.74) is 1.50. The number of halogens is 1. The van der Waals surface area contributed by atoms with E-state index < -0.39 is 0 Å². The highest BCUT2D eigenvalue weighted by molar-refractivity contribution is 5.49. The molecule has 0 amide bonds. The lowest BCUT2D eigenvalue weighted by Crippen LogP contribution is -1.93. The summed E-state index contributed by atoms with van der Waals surface area (Å²) in [6.45, 7) is 7.21. The van der Waals surface area contributed by atoms with E-state index in [1.54, 1.807) is 18.2 Å². The second-order valence-electron chi connectivity index (χ2n) is 2.36. The van der Waals surface area contributed by atoms with Crippen LogP contribution in [-0.4, -0.2) is 0 Å². The Morgan fingerprint density at radius 1 is 1.33 bits per heavy atom. The van der Waals surface area contributed by atoms with Crippen LogP contribution in [0, 0.1) is 5.82 Å². The fraction of sp³-hybridized carbons (Fsp3) is 0. The van der Waals surface area contributed by atoms with Crippen molar-refractivity contribution in [2.45, 2.75) is 0 Å². The molecule has 0 saturated heterocycles. The molecule has 0 unspecified atom stereocenters. The Bertz CT molecular complexity index is 287. The van der Waals surface area contributed by atoms with E-state index in [2.05, 4.69) is 18.5 Å². The molecule has 0 radical (unpaired) electrons. The van der Waals surface area contributed by atoms with Crippen molar-refractivity contribution >= 4 is 5.69 Å². The molecule has 0 bridgehead atoms. The molecular weight excluding hydrogens is 153 g/mol. The number of nitrogens with one attached hydrogen (secondary N) is 1. The van der Waals surface area contributed by atoms with Gasteiger partial charge in [-0.3, -0.25) is 0 Å². The van der Waals surface area contributed by atoms with E-state index in [-0.39, 0.29) is 5.82 Å². The molecule has 0 aliphatic heterocycles. The maximum atomic E-state index is 12.4. The third-order valence-electron chi connectivity index (χ3n) is 1.40. The van der Waals surface area contributed by atoms with Crippen LogP contribution >= 0.6 is 0 Å². The molecule has 0 saturated carbocycles. The van der Waals surface area contributed by atoms with Crippen molar-refractivity contribution in [3.05, 3.63) is 55.0 Å². The third-order valence-corrected chi connectivity index (χ3v) is 1.40. The standard InChI is InChI=1S/C10H10FN/c1-3-8(2)12-10-6-4-9(11)5-7-10/h3-7,12H,1-2H2. The molecule has 1 N–H and O–H groups in total. The zero-order chi connectivity index (χ0) is 8.97. The van der Waals surface area contributed by atoms with Crippen molar-refractivity contribution in [1.82, 2.24) is 0 Å². The summed E-state index contributed by atoms with van der Waals surface area (Å²) >= 11 is 0. The molecular formula is C10H10FN. The van der Waals surface area contributed by atoms with Gasteiger partial charge in [-0.15, -0.1) is 0 Å². The van der Waals surface area contributed by atoms with Crippen LogP contribution in [0.3, 0.4) is 0 Å². The Labute approximate surface area is 71.2 Å². The number of rotatable bonds is 3. The van der Waals surface area contributed by atoms with Gasteiger partial charge in [0.1, 0.15) is 5.82 Å². The Morgan fingerprint density at radius 3 is 2.42 bits per heavy atom. The van der Waals surface area contributed by atoms with Gasteiger partial charge < -0.3 is 5.32 Å². The molecule has 0 fully saturated rings. The van der Waals surface area contributed by atoms with Gasteiger partial charge in [-0.25, -0.2) is 4.39 Å². The van der Waals surface area contributed by atoms with E-state index in [4.69, 9.17) is 0 Å². The molecule has 62 valence electrons. The minimum absolute atomic E-state index is 0.246. The molecule has 1 nitrogen and oxygen atoms in total. The average molecular weight is 163 g/mol. The van der Waals surface area contributed by atoms with E-state index in [1.165, 1.54) is 12.1 Å². The van der Waals surface area contributed by atoms with Crippen molar-refractivity contribution < 1.29 is 4.39 Å². The summed E-state index contributed by atoms with van der Waals surface area (Å²) in [6.07, 6.45) is 1.60. The van der Waals surface area contributed by atoms with E-state index in [0.29, 0.717) is 5.70 Å². The van der Waals surface area contributed by atoms with Crippen LogP contribution in [-0.2, 0) is 0 Å². The zero-order valence-corrected chi connectivity index (χ0v) is 6.68. The zero-order valence-electron chi connectivity index (χ0n) is 6.68. The number of allylic oxidation sites excluding steroid dienone is 1. The summed E-state index contributed by atoms with van der Waals surface area (Å²) < 4.78 is 12.4. The molecule has 0 spiro atoms. The first kappa shape index (κ1) is 8.53. The Kier molecular flexibility index (Phi) is 2.64.